The predicted molar refractivity (Wildman–Crippen MR) is 125 cm³/mol. The number of nitrogens with two attached hydrogens (primary N) is 2. The highest BCUT2D eigenvalue weighted by Gasteiger charge is 2.42. The number of nitrogens with zero attached hydrogens (tertiary/aromatic N) is 4. The lowest BCUT2D eigenvalue weighted by Crippen LogP contribution is -2.58. The second kappa shape index (κ2) is 8.52. The summed E-state index contributed by atoms with van der Waals surface area (Å²) in [6, 6.07) is 7.81. The van der Waals surface area contributed by atoms with Gasteiger partial charge in [-0.25, -0.2) is 9.79 Å². The molecule has 1 aromatic carbocycles. The molecule has 9 heteroatoms. The Morgan fingerprint density at radius 3 is 2.47 bits per heavy atom. The SMILES string of the molecule is CC(C)(C)OC(=O)N1CCC(Oc2ccc(N3C(N)=NC(N)=NC34CCCCC4)cc2)C1. The van der Waals surface area contributed by atoms with Gasteiger partial charge in [-0.1, -0.05) is 6.42 Å². The molecule has 1 unspecified atom stereocenters. The first-order valence-corrected chi connectivity index (χ1v) is 11.4. The van der Waals surface area contributed by atoms with E-state index in [-0.39, 0.29) is 18.2 Å². The minimum Gasteiger partial charge on any atom is -0.489 e. The van der Waals surface area contributed by atoms with Gasteiger partial charge in [0.1, 0.15) is 23.1 Å². The van der Waals surface area contributed by atoms with E-state index in [0.29, 0.717) is 19.0 Å². The van der Waals surface area contributed by atoms with Gasteiger partial charge in [-0.15, -0.1) is 0 Å². The Balaban J connectivity index is 1.42. The molecule has 0 bridgehead atoms. The summed E-state index contributed by atoms with van der Waals surface area (Å²) in [6.07, 6.45) is 5.55. The largest absolute Gasteiger partial charge is 0.489 e. The highest BCUT2D eigenvalue weighted by Crippen LogP contribution is 2.39. The molecule has 4 N–H and O–H groups in total. The fraction of sp³-hybridized carbons (Fsp3) is 0.609. The summed E-state index contributed by atoms with van der Waals surface area (Å²) in [5, 5.41) is 0. The van der Waals surface area contributed by atoms with Crippen LogP contribution >= 0.6 is 0 Å². The summed E-state index contributed by atoms with van der Waals surface area (Å²) in [5.74, 6) is 1.37. The fourth-order valence-electron chi connectivity index (χ4n) is 4.68. The normalized spacial score (nSPS) is 23.0. The maximum absolute atomic E-state index is 12.3. The Bertz CT molecular complexity index is 899. The molecule has 4 rings (SSSR count). The second-order valence-electron chi connectivity index (χ2n) is 9.77. The van der Waals surface area contributed by atoms with Crippen molar-refractivity contribution < 1.29 is 14.3 Å². The molecule has 1 atom stereocenters. The van der Waals surface area contributed by atoms with Crippen LogP contribution in [-0.2, 0) is 4.74 Å². The van der Waals surface area contributed by atoms with Crippen molar-refractivity contribution in [3.05, 3.63) is 24.3 Å². The zero-order chi connectivity index (χ0) is 22.9. The summed E-state index contributed by atoms with van der Waals surface area (Å²) in [5.41, 5.74) is 12.2. The zero-order valence-electron chi connectivity index (χ0n) is 19.2. The number of carbonyl (C=O) groups is 1. The molecule has 0 radical (unpaired) electrons. The lowest BCUT2D eigenvalue weighted by atomic mass is 9.87. The quantitative estimate of drug-likeness (QED) is 0.742. The number of aliphatic imine (C=N–C) groups is 2. The van der Waals surface area contributed by atoms with Gasteiger partial charge in [0.05, 0.1) is 6.54 Å². The standard InChI is InChI=1S/C23H34N6O3/c1-22(2,3)32-21(30)28-14-11-18(15-28)31-17-9-7-16(8-10-17)29-20(25)26-19(24)27-23(29)12-5-4-6-13-23/h7-10,18H,4-6,11-15H2,1-3H3,(H4,24,25,26,27). The third-order valence-electron chi connectivity index (χ3n) is 6.05. The average molecular weight is 443 g/mol. The molecule has 2 heterocycles. The van der Waals surface area contributed by atoms with Crippen LogP contribution in [0.25, 0.3) is 0 Å². The van der Waals surface area contributed by atoms with Crippen molar-refractivity contribution in [3.8, 4) is 5.75 Å². The number of hydrogen-bond acceptors (Lipinski definition) is 8. The monoisotopic (exact) mass is 442 g/mol. The highest BCUT2D eigenvalue weighted by atomic mass is 16.6. The number of likely N-dealkylation sites (tertiary alicyclic amines) is 1. The van der Waals surface area contributed by atoms with Gasteiger partial charge in [-0.2, -0.15) is 4.99 Å². The number of benzene rings is 1. The van der Waals surface area contributed by atoms with Crippen molar-refractivity contribution in [1.82, 2.24) is 4.90 Å². The first-order valence-electron chi connectivity index (χ1n) is 11.4. The van der Waals surface area contributed by atoms with Crippen LogP contribution in [0.2, 0.25) is 0 Å². The summed E-state index contributed by atoms with van der Waals surface area (Å²) in [7, 11) is 0. The van der Waals surface area contributed by atoms with Gasteiger partial charge in [-0.3, -0.25) is 4.90 Å². The van der Waals surface area contributed by atoms with Crippen molar-refractivity contribution in [2.75, 3.05) is 18.0 Å². The fourth-order valence-corrected chi connectivity index (χ4v) is 4.68. The van der Waals surface area contributed by atoms with E-state index >= 15 is 0 Å². The molecule has 1 amide bonds. The smallest absolute Gasteiger partial charge is 0.410 e. The molecule has 3 aliphatic rings. The van der Waals surface area contributed by atoms with E-state index < -0.39 is 11.3 Å². The van der Waals surface area contributed by atoms with E-state index in [1.54, 1.807) is 4.90 Å². The molecule has 1 saturated carbocycles. The number of guanidine groups is 2. The molecule has 1 aliphatic carbocycles. The molecule has 1 aromatic rings. The number of ether oxygens (including phenoxy) is 2. The molecule has 0 aromatic heterocycles. The maximum Gasteiger partial charge on any atom is 0.410 e. The molecule has 2 aliphatic heterocycles. The van der Waals surface area contributed by atoms with Crippen LogP contribution in [0.3, 0.4) is 0 Å². The van der Waals surface area contributed by atoms with Gasteiger partial charge in [0.15, 0.2) is 0 Å². The number of anilines is 1. The molecule has 32 heavy (non-hydrogen) atoms. The van der Waals surface area contributed by atoms with Gasteiger partial charge in [0.25, 0.3) is 0 Å². The van der Waals surface area contributed by atoms with Gasteiger partial charge >= 0.3 is 6.09 Å². The molecule has 1 spiro atoms. The number of hydrogen-bond donors (Lipinski definition) is 2. The summed E-state index contributed by atoms with van der Waals surface area (Å²) < 4.78 is 11.6. The minimum atomic E-state index is -0.504. The van der Waals surface area contributed by atoms with Crippen LogP contribution in [0.5, 0.6) is 5.75 Å². The van der Waals surface area contributed by atoms with Crippen molar-refractivity contribution in [3.63, 3.8) is 0 Å². The van der Waals surface area contributed by atoms with Crippen molar-refractivity contribution in [1.29, 1.82) is 0 Å². The van der Waals surface area contributed by atoms with Crippen molar-refractivity contribution in [2.45, 2.75) is 76.7 Å². The van der Waals surface area contributed by atoms with Crippen LogP contribution in [0.1, 0.15) is 59.3 Å². The minimum absolute atomic E-state index is 0.0657. The van der Waals surface area contributed by atoms with E-state index in [1.165, 1.54) is 6.42 Å². The van der Waals surface area contributed by atoms with E-state index in [9.17, 15) is 4.79 Å². The van der Waals surface area contributed by atoms with Crippen LogP contribution in [-0.4, -0.2) is 53.4 Å². The lowest BCUT2D eigenvalue weighted by Gasteiger charge is -2.45. The van der Waals surface area contributed by atoms with E-state index in [2.05, 4.69) is 4.99 Å². The number of rotatable bonds is 3. The third kappa shape index (κ3) is 4.76. The van der Waals surface area contributed by atoms with Crippen LogP contribution in [0, 0.1) is 0 Å². The van der Waals surface area contributed by atoms with E-state index in [0.717, 1.165) is 43.5 Å². The summed E-state index contributed by atoms with van der Waals surface area (Å²) in [4.78, 5) is 24.9. The van der Waals surface area contributed by atoms with Crippen molar-refractivity contribution in [2.24, 2.45) is 21.5 Å². The van der Waals surface area contributed by atoms with Gasteiger partial charge in [0, 0.05) is 18.7 Å². The highest BCUT2D eigenvalue weighted by molar-refractivity contribution is 6.05. The van der Waals surface area contributed by atoms with E-state index in [1.807, 2.05) is 49.9 Å². The van der Waals surface area contributed by atoms with Crippen molar-refractivity contribution >= 4 is 23.7 Å². The lowest BCUT2D eigenvalue weighted by molar-refractivity contribution is 0.0275. The van der Waals surface area contributed by atoms with Crippen LogP contribution < -0.4 is 21.1 Å². The average Bonchev–Trinajstić information content (AvgIpc) is 3.17. The van der Waals surface area contributed by atoms with Gasteiger partial charge in [-0.05, 0) is 70.7 Å². The predicted octanol–water partition coefficient (Wildman–Crippen LogP) is 3.18. The Kier molecular flexibility index (Phi) is 5.92. The first kappa shape index (κ1) is 22.2. The summed E-state index contributed by atoms with van der Waals surface area (Å²) >= 11 is 0. The zero-order valence-corrected chi connectivity index (χ0v) is 19.2. The molecule has 1 saturated heterocycles. The topological polar surface area (TPSA) is 119 Å². The van der Waals surface area contributed by atoms with Crippen LogP contribution in [0.15, 0.2) is 34.3 Å². The van der Waals surface area contributed by atoms with Gasteiger partial charge in [0.2, 0.25) is 11.9 Å². The number of carbonyl (C=O) groups excluding carboxylic acids is 1. The molecule has 174 valence electrons. The summed E-state index contributed by atoms with van der Waals surface area (Å²) in [6.45, 7) is 6.74. The first-order chi connectivity index (χ1) is 15.2. The Hall–Kier alpha value is -2.97. The van der Waals surface area contributed by atoms with E-state index in [4.69, 9.17) is 25.9 Å². The molecular formula is C23H34N6O3. The molecule has 2 fully saturated rings. The van der Waals surface area contributed by atoms with Gasteiger partial charge < -0.3 is 25.8 Å². The second-order valence-corrected chi connectivity index (χ2v) is 9.77. The van der Waals surface area contributed by atoms with Crippen LogP contribution in [0.4, 0.5) is 10.5 Å². The Labute approximate surface area is 189 Å². The molecule has 9 nitrogen and oxygen atoms in total. The Morgan fingerprint density at radius 1 is 1.12 bits per heavy atom. The third-order valence-corrected chi connectivity index (χ3v) is 6.05. The Morgan fingerprint density at radius 2 is 1.81 bits per heavy atom. The maximum atomic E-state index is 12.3. The molecular weight excluding hydrogens is 408 g/mol. The number of amides is 1.